The quantitative estimate of drug-likeness (QED) is 0.775. The standard InChI is InChI=1S/C20H27N3O3S/c1-3-26-20(25)13-5-4-8-23(10-13)11-16-21-18(24)17-14-7-6-12(2)9-15(14)27-19(17)22-16/h12-13H,3-11H2,1-2H3,(H,21,22,24)/p+1/t12-,13-/m1/s1. The molecule has 0 spiro atoms. The lowest BCUT2D eigenvalue weighted by Gasteiger charge is -2.28. The van der Waals surface area contributed by atoms with Crippen molar-refractivity contribution in [3.05, 3.63) is 26.6 Å². The van der Waals surface area contributed by atoms with Crippen molar-refractivity contribution in [2.75, 3.05) is 19.7 Å². The first-order valence-corrected chi connectivity index (χ1v) is 10.9. The molecule has 2 N–H and O–H groups in total. The predicted molar refractivity (Wildman–Crippen MR) is 105 cm³/mol. The van der Waals surface area contributed by atoms with Gasteiger partial charge in [-0.3, -0.25) is 9.59 Å². The first-order chi connectivity index (χ1) is 13.0. The largest absolute Gasteiger partial charge is 0.466 e. The highest BCUT2D eigenvalue weighted by Crippen LogP contribution is 2.35. The Labute approximate surface area is 162 Å². The number of fused-ring (bicyclic) bond motifs is 3. The van der Waals surface area contributed by atoms with Crippen LogP contribution in [0.2, 0.25) is 0 Å². The third-order valence-corrected chi connectivity index (χ3v) is 7.02. The van der Waals surface area contributed by atoms with E-state index in [4.69, 9.17) is 9.72 Å². The summed E-state index contributed by atoms with van der Waals surface area (Å²) in [5.41, 5.74) is 1.22. The zero-order chi connectivity index (χ0) is 19.0. The number of hydrogen-bond donors (Lipinski definition) is 2. The van der Waals surface area contributed by atoms with E-state index in [-0.39, 0.29) is 17.4 Å². The number of likely N-dealkylation sites (tertiary alicyclic amines) is 1. The van der Waals surface area contributed by atoms with Crippen molar-refractivity contribution in [3.8, 4) is 0 Å². The highest BCUT2D eigenvalue weighted by molar-refractivity contribution is 7.18. The van der Waals surface area contributed by atoms with Gasteiger partial charge in [0.25, 0.3) is 5.56 Å². The number of aryl methyl sites for hydroxylation is 1. The molecule has 0 radical (unpaired) electrons. The van der Waals surface area contributed by atoms with Gasteiger partial charge in [-0.05, 0) is 50.5 Å². The van der Waals surface area contributed by atoms with Crippen LogP contribution in [0.5, 0.6) is 0 Å². The van der Waals surface area contributed by atoms with Gasteiger partial charge in [0, 0.05) is 4.88 Å². The van der Waals surface area contributed by atoms with Crippen molar-refractivity contribution < 1.29 is 14.4 Å². The van der Waals surface area contributed by atoms with E-state index >= 15 is 0 Å². The van der Waals surface area contributed by atoms with Crippen molar-refractivity contribution in [3.63, 3.8) is 0 Å². The van der Waals surface area contributed by atoms with Crippen LogP contribution in [0.1, 0.15) is 49.4 Å². The number of rotatable bonds is 4. The van der Waals surface area contributed by atoms with E-state index in [2.05, 4.69) is 11.9 Å². The molecule has 1 unspecified atom stereocenters. The lowest BCUT2D eigenvalue weighted by atomic mass is 9.89. The Morgan fingerprint density at radius 2 is 2.26 bits per heavy atom. The number of ether oxygens (including phenoxy) is 1. The molecular weight excluding hydrogens is 362 g/mol. The van der Waals surface area contributed by atoms with Gasteiger partial charge in [0.15, 0.2) is 5.82 Å². The Morgan fingerprint density at radius 3 is 3.07 bits per heavy atom. The molecular formula is C20H28N3O3S+. The summed E-state index contributed by atoms with van der Waals surface area (Å²) in [5, 5.41) is 0.809. The summed E-state index contributed by atoms with van der Waals surface area (Å²) in [6.45, 7) is 6.94. The van der Waals surface area contributed by atoms with Crippen LogP contribution in [0.15, 0.2) is 4.79 Å². The molecule has 1 saturated heterocycles. The van der Waals surface area contributed by atoms with Crippen molar-refractivity contribution in [2.24, 2.45) is 11.8 Å². The molecule has 0 aromatic carbocycles. The van der Waals surface area contributed by atoms with Crippen LogP contribution in [-0.4, -0.2) is 35.6 Å². The van der Waals surface area contributed by atoms with Gasteiger partial charge in [0.2, 0.25) is 0 Å². The molecule has 3 heterocycles. The van der Waals surface area contributed by atoms with Gasteiger partial charge >= 0.3 is 5.97 Å². The number of thiophene rings is 1. The second-order valence-electron chi connectivity index (χ2n) is 8.02. The fourth-order valence-corrected chi connectivity index (χ4v) is 5.89. The summed E-state index contributed by atoms with van der Waals surface area (Å²) in [7, 11) is 0. The minimum Gasteiger partial charge on any atom is -0.466 e. The van der Waals surface area contributed by atoms with Crippen LogP contribution in [0.4, 0.5) is 0 Å². The van der Waals surface area contributed by atoms with Gasteiger partial charge < -0.3 is 14.6 Å². The van der Waals surface area contributed by atoms with Crippen LogP contribution in [0.3, 0.4) is 0 Å². The Balaban J connectivity index is 1.54. The number of carbonyl (C=O) groups is 1. The molecule has 0 amide bonds. The highest BCUT2D eigenvalue weighted by atomic mass is 32.1. The first kappa shape index (κ1) is 18.6. The van der Waals surface area contributed by atoms with E-state index in [0.29, 0.717) is 19.1 Å². The van der Waals surface area contributed by atoms with Crippen molar-refractivity contribution >= 4 is 27.5 Å². The van der Waals surface area contributed by atoms with Gasteiger partial charge in [-0.25, -0.2) is 4.98 Å². The van der Waals surface area contributed by atoms with Gasteiger partial charge in [-0.2, -0.15) is 0 Å². The monoisotopic (exact) mass is 390 g/mol. The molecule has 27 heavy (non-hydrogen) atoms. The Hall–Kier alpha value is -1.73. The molecule has 7 heteroatoms. The fraction of sp³-hybridized carbons (Fsp3) is 0.650. The predicted octanol–water partition coefficient (Wildman–Crippen LogP) is 1.47. The van der Waals surface area contributed by atoms with Crippen molar-refractivity contribution in [2.45, 2.75) is 52.5 Å². The van der Waals surface area contributed by atoms with Crippen LogP contribution >= 0.6 is 11.3 Å². The van der Waals surface area contributed by atoms with E-state index in [1.807, 2.05) is 6.92 Å². The molecule has 1 fully saturated rings. The topological polar surface area (TPSA) is 76.5 Å². The van der Waals surface area contributed by atoms with Gasteiger partial charge in [0.05, 0.1) is 25.1 Å². The number of esters is 1. The molecule has 2 aromatic heterocycles. The van der Waals surface area contributed by atoms with Crippen molar-refractivity contribution in [1.82, 2.24) is 9.97 Å². The maximum atomic E-state index is 12.7. The van der Waals surface area contributed by atoms with E-state index in [1.165, 1.54) is 15.3 Å². The molecule has 1 aliphatic heterocycles. The second kappa shape index (κ2) is 7.72. The Morgan fingerprint density at radius 1 is 1.41 bits per heavy atom. The number of carbonyl (C=O) groups excluding carboxylic acids is 1. The molecule has 0 saturated carbocycles. The highest BCUT2D eigenvalue weighted by Gasteiger charge is 2.30. The molecule has 2 aliphatic rings. The van der Waals surface area contributed by atoms with E-state index in [9.17, 15) is 9.59 Å². The lowest BCUT2D eigenvalue weighted by Crippen LogP contribution is -3.12. The number of quaternary nitrogens is 1. The van der Waals surface area contributed by atoms with E-state index in [0.717, 1.165) is 61.2 Å². The molecule has 3 atom stereocenters. The number of H-pyrrole nitrogens is 1. The summed E-state index contributed by atoms with van der Waals surface area (Å²) in [6.07, 6.45) is 5.08. The minimum atomic E-state index is -0.0911. The van der Waals surface area contributed by atoms with Gasteiger partial charge in [-0.15, -0.1) is 11.3 Å². The average molecular weight is 391 g/mol. The number of nitrogens with one attached hydrogen (secondary N) is 2. The zero-order valence-corrected chi connectivity index (χ0v) is 16.9. The normalized spacial score (nSPS) is 25.3. The minimum absolute atomic E-state index is 0.000375. The molecule has 2 aromatic rings. The maximum Gasteiger partial charge on any atom is 0.314 e. The van der Waals surface area contributed by atoms with Crippen molar-refractivity contribution in [1.29, 1.82) is 0 Å². The summed E-state index contributed by atoms with van der Waals surface area (Å²) >= 11 is 1.69. The van der Waals surface area contributed by atoms with Crippen LogP contribution in [0.25, 0.3) is 10.2 Å². The Bertz CT molecular complexity index is 904. The molecule has 6 nitrogen and oxygen atoms in total. The number of nitrogens with zero attached hydrogens (tertiary/aromatic N) is 1. The van der Waals surface area contributed by atoms with Gasteiger partial charge in [-0.1, -0.05) is 6.92 Å². The summed E-state index contributed by atoms with van der Waals surface area (Å²) in [5.74, 6) is 1.28. The maximum absolute atomic E-state index is 12.7. The van der Waals surface area contributed by atoms with Crippen LogP contribution in [0, 0.1) is 11.8 Å². The first-order valence-electron chi connectivity index (χ1n) is 10.1. The van der Waals surface area contributed by atoms with Crippen LogP contribution < -0.4 is 10.5 Å². The number of aromatic nitrogens is 2. The molecule has 4 rings (SSSR count). The molecule has 1 aliphatic carbocycles. The number of hydrogen-bond acceptors (Lipinski definition) is 5. The fourth-order valence-electron chi connectivity index (χ4n) is 4.49. The molecule has 0 bridgehead atoms. The number of piperidine rings is 1. The van der Waals surface area contributed by atoms with Gasteiger partial charge in [0.1, 0.15) is 17.3 Å². The number of aromatic amines is 1. The smallest absolute Gasteiger partial charge is 0.314 e. The summed E-state index contributed by atoms with van der Waals surface area (Å²) < 4.78 is 5.19. The Kier molecular flexibility index (Phi) is 5.32. The lowest BCUT2D eigenvalue weighted by molar-refractivity contribution is -0.921. The second-order valence-corrected chi connectivity index (χ2v) is 9.10. The average Bonchev–Trinajstić information content (AvgIpc) is 2.99. The van der Waals surface area contributed by atoms with Crippen LogP contribution in [-0.2, 0) is 28.9 Å². The SMILES string of the molecule is CCOC(=O)[C@@H]1CCC[NH+](Cc2nc3sc4c(c3c(=O)[nH]2)CC[C@@H](C)C4)C1. The zero-order valence-electron chi connectivity index (χ0n) is 16.1. The summed E-state index contributed by atoms with van der Waals surface area (Å²) in [6, 6.07) is 0. The van der Waals surface area contributed by atoms with E-state index < -0.39 is 0 Å². The molecule has 146 valence electrons. The third kappa shape index (κ3) is 3.80. The third-order valence-electron chi connectivity index (χ3n) is 5.87. The van der Waals surface area contributed by atoms with E-state index in [1.54, 1.807) is 11.3 Å². The summed E-state index contributed by atoms with van der Waals surface area (Å²) in [4.78, 5) is 36.1.